The van der Waals surface area contributed by atoms with Gasteiger partial charge in [-0.2, -0.15) is 0 Å². The molecule has 2 aromatic rings. The van der Waals surface area contributed by atoms with Crippen LogP contribution < -0.4 is 9.47 Å². The van der Waals surface area contributed by atoms with Crippen molar-refractivity contribution in [2.45, 2.75) is 0 Å². The molecule has 0 fully saturated rings. The number of nitro benzene ring substituents is 1. The molecule has 0 spiro atoms. The lowest BCUT2D eigenvalue weighted by atomic mass is 10.3. The Balaban J connectivity index is 1.87. The van der Waals surface area contributed by atoms with Gasteiger partial charge in [-0.1, -0.05) is 17.7 Å². The van der Waals surface area contributed by atoms with Crippen molar-refractivity contribution in [3.63, 3.8) is 0 Å². The van der Waals surface area contributed by atoms with Gasteiger partial charge in [0.2, 0.25) is 0 Å². The average Bonchev–Trinajstić information content (AvgIpc) is 2.45. The predicted octanol–water partition coefficient (Wildman–Crippen LogP) is 3.23. The van der Waals surface area contributed by atoms with E-state index in [1.165, 1.54) is 30.3 Å². The van der Waals surface area contributed by atoms with Crippen molar-refractivity contribution in [2.75, 3.05) is 6.61 Å². The number of nitro groups is 1. The van der Waals surface area contributed by atoms with Crippen LogP contribution in [0.2, 0.25) is 5.02 Å². The third-order valence-corrected chi connectivity index (χ3v) is 2.67. The van der Waals surface area contributed by atoms with E-state index in [2.05, 4.69) is 0 Å². The number of hydrogen-bond donors (Lipinski definition) is 0. The molecule has 0 heterocycles. The van der Waals surface area contributed by atoms with Crippen LogP contribution >= 0.6 is 11.6 Å². The molecule has 0 atom stereocenters. The lowest BCUT2D eigenvalue weighted by Gasteiger charge is -2.06. The number of carbonyl (C=O) groups is 1. The zero-order chi connectivity index (χ0) is 15.2. The molecule has 0 aliphatic rings. The van der Waals surface area contributed by atoms with E-state index in [4.69, 9.17) is 21.1 Å². The van der Waals surface area contributed by atoms with Gasteiger partial charge in [0, 0.05) is 17.2 Å². The molecular weight excluding hydrogens is 298 g/mol. The smallest absolute Gasteiger partial charge is 0.349 e. The van der Waals surface area contributed by atoms with Gasteiger partial charge in [-0.3, -0.25) is 10.1 Å². The first-order valence-electron chi connectivity index (χ1n) is 5.88. The summed E-state index contributed by atoms with van der Waals surface area (Å²) < 4.78 is 10.2. The molecule has 0 aliphatic heterocycles. The lowest BCUT2D eigenvalue weighted by molar-refractivity contribution is -0.384. The van der Waals surface area contributed by atoms with E-state index in [9.17, 15) is 14.9 Å². The van der Waals surface area contributed by atoms with Gasteiger partial charge in [0.15, 0.2) is 6.61 Å². The van der Waals surface area contributed by atoms with E-state index in [0.29, 0.717) is 16.5 Å². The highest BCUT2D eigenvalue weighted by Crippen LogP contribution is 2.19. The number of carbonyl (C=O) groups excluding carboxylic acids is 1. The van der Waals surface area contributed by atoms with E-state index in [1.54, 1.807) is 18.2 Å². The minimum Gasteiger partial charge on any atom is -0.482 e. The van der Waals surface area contributed by atoms with E-state index in [0.717, 1.165) is 0 Å². The number of halogens is 1. The van der Waals surface area contributed by atoms with Gasteiger partial charge in [-0.15, -0.1) is 0 Å². The molecule has 0 aliphatic carbocycles. The summed E-state index contributed by atoms with van der Waals surface area (Å²) >= 11 is 5.76. The number of nitrogens with zero attached hydrogens (tertiary/aromatic N) is 1. The Morgan fingerprint density at radius 2 is 1.86 bits per heavy atom. The van der Waals surface area contributed by atoms with Gasteiger partial charge < -0.3 is 9.47 Å². The van der Waals surface area contributed by atoms with Crippen molar-refractivity contribution in [2.24, 2.45) is 0 Å². The van der Waals surface area contributed by atoms with Gasteiger partial charge in [0.1, 0.15) is 11.5 Å². The summed E-state index contributed by atoms with van der Waals surface area (Å²) in [7, 11) is 0. The first-order chi connectivity index (χ1) is 10.0. The Morgan fingerprint density at radius 1 is 1.14 bits per heavy atom. The fourth-order valence-electron chi connectivity index (χ4n) is 1.50. The Kier molecular flexibility index (Phi) is 4.73. The Labute approximate surface area is 125 Å². The fourth-order valence-corrected chi connectivity index (χ4v) is 1.68. The number of ether oxygens (including phenoxy) is 2. The first-order valence-corrected chi connectivity index (χ1v) is 6.26. The molecule has 0 bridgehead atoms. The van der Waals surface area contributed by atoms with E-state index in [1.807, 2.05) is 0 Å². The van der Waals surface area contributed by atoms with E-state index >= 15 is 0 Å². The largest absolute Gasteiger partial charge is 0.482 e. The predicted molar refractivity (Wildman–Crippen MR) is 75.7 cm³/mol. The summed E-state index contributed by atoms with van der Waals surface area (Å²) in [6.07, 6.45) is 0. The van der Waals surface area contributed by atoms with Crippen molar-refractivity contribution in [3.8, 4) is 11.5 Å². The fraction of sp³-hybridized carbons (Fsp3) is 0.0714. The molecule has 2 rings (SSSR count). The lowest BCUT2D eigenvalue weighted by Crippen LogP contribution is -2.17. The molecule has 0 N–H and O–H groups in total. The van der Waals surface area contributed by atoms with Gasteiger partial charge >= 0.3 is 5.97 Å². The molecule has 6 nitrogen and oxygen atoms in total. The summed E-state index contributed by atoms with van der Waals surface area (Å²) in [5, 5.41) is 10.9. The normalized spacial score (nSPS) is 9.95. The number of esters is 1. The molecule has 0 saturated carbocycles. The van der Waals surface area contributed by atoms with Crippen LogP contribution in [0.25, 0.3) is 0 Å². The molecule has 7 heteroatoms. The zero-order valence-corrected chi connectivity index (χ0v) is 11.4. The molecule has 2 aromatic carbocycles. The Bertz CT molecular complexity index is 657. The highest BCUT2D eigenvalue weighted by atomic mass is 35.5. The van der Waals surface area contributed by atoms with Crippen molar-refractivity contribution in [3.05, 3.63) is 63.7 Å². The maximum Gasteiger partial charge on any atom is 0.349 e. The van der Waals surface area contributed by atoms with Gasteiger partial charge in [-0.05, 0) is 30.3 Å². The summed E-state index contributed by atoms with van der Waals surface area (Å²) in [6.45, 7) is -0.315. The SMILES string of the molecule is O=C(COc1ccc([N+](=O)[O-])cc1)Oc1cccc(Cl)c1. The number of benzene rings is 2. The second-order valence-electron chi connectivity index (χ2n) is 3.97. The molecule has 0 amide bonds. The second-order valence-corrected chi connectivity index (χ2v) is 4.41. The van der Waals surface area contributed by atoms with Crippen molar-refractivity contribution < 1.29 is 19.2 Å². The summed E-state index contributed by atoms with van der Waals surface area (Å²) in [5.74, 6) is 0.0547. The number of non-ortho nitro benzene ring substituents is 1. The van der Waals surface area contributed by atoms with Crippen molar-refractivity contribution in [1.29, 1.82) is 0 Å². The summed E-state index contributed by atoms with van der Waals surface area (Å²) in [5.41, 5.74) is -0.0520. The minimum absolute atomic E-state index is 0.0520. The highest BCUT2D eigenvalue weighted by Gasteiger charge is 2.08. The van der Waals surface area contributed by atoms with Crippen LogP contribution in [0.1, 0.15) is 0 Å². The van der Waals surface area contributed by atoms with Crippen LogP contribution in [-0.4, -0.2) is 17.5 Å². The quantitative estimate of drug-likeness (QED) is 0.367. The molecular formula is C14H10ClNO5. The van der Waals surface area contributed by atoms with Crippen LogP contribution in [0.3, 0.4) is 0 Å². The summed E-state index contributed by atoms with van der Waals surface area (Å²) in [6, 6.07) is 11.8. The Hall–Kier alpha value is -2.60. The third kappa shape index (κ3) is 4.47. The maximum absolute atomic E-state index is 11.6. The molecule has 21 heavy (non-hydrogen) atoms. The van der Waals surface area contributed by atoms with E-state index < -0.39 is 10.9 Å². The van der Waals surface area contributed by atoms with E-state index in [-0.39, 0.29) is 12.3 Å². The maximum atomic E-state index is 11.6. The minimum atomic E-state index is -0.601. The highest BCUT2D eigenvalue weighted by molar-refractivity contribution is 6.30. The monoisotopic (exact) mass is 307 g/mol. The van der Waals surface area contributed by atoms with Crippen LogP contribution in [0.5, 0.6) is 11.5 Å². The first kappa shape index (κ1) is 14.8. The Morgan fingerprint density at radius 3 is 2.48 bits per heavy atom. The molecule has 0 radical (unpaired) electrons. The topological polar surface area (TPSA) is 78.7 Å². The average molecular weight is 308 g/mol. The van der Waals surface area contributed by atoms with Crippen LogP contribution in [0.4, 0.5) is 5.69 Å². The van der Waals surface area contributed by atoms with Crippen molar-refractivity contribution >= 4 is 23.3 Å². The summed E-state index contributed by atoms with van der Waals surface area (Å²) in [4.78, 5) is 21.5. The molecule has 0 unspecified atom stereocenters. The zero-order valence-electron chi connectivity index (χ0n) is 10.7. The van der Waals surface area contributed by atoms with Crippen LogP contribution in [0.15, 0.2) is 48.5 Å². The molecule has 0 aromatic heterocycles. The number of hydrogen-bond acceptors (Lipinski definition) is 5. The molecule has 0 saturated heterocycles. The van der Waals surface area contributed by atoms with Gasteiger partial charge in [0.25, 0.3) is 5.69 Å². The van der Waals surface area contributed by atoms with Crippen LogP contribution in [-0.2, 0) is 4.79 Å². The van der Waals surface area contributed by atoms with Crippen LogP contribution in [0, 0.1) is 10.1 Å². The van der Waals surface area contributed by atoms with Crippen molar-refractivity contribution in [1.82, 2.24) is 0 Å². The van der Waals surface area contributed by atoms with Gasteiger partial charge in [-0.25, -0.2) is 4.79 Å². The standard InChI is InChI=1S/C14H10ClNO5/c15-10-2-1-3-13(8-10)21-14(17)9-20-12-6-4-11(5-7-12)16(18)19/h1-8H,9H2. The number of rotatable bonds is 5. The third-order valence-electron chi connectivity index (χ3n) is 2.43. The van der Waals surface area contributed by atoms with Gasteiger partial charge in [0.05, 0.1) is 4.92 Å². The second kappa shape index (κ2) is 6.71. The molecule has 108 valence electrons.